The molecule has 0 aromatic heterocycles. The van der Waals surface area contributed by atoms with Crippen molar-refractivity contribution in [2.45, 2.75) is 40.5 Å². The van der Waals surface area contributed by atoms with Gasteiger partial charge in [0.2, 0.25) is 5.91 Å². The Bertz CT molecular complexity index is 741. The van der Waals surface area contributed by atoms with E-state index in [-0.39, 0.29) is 17.2 Å². The van der Waals surface area contributed by atoms with Crippen LogP contribution in [0.3, 0.4) is 0 Å². The number of carbonyl (C=O) groups is 3. The zero-order chi connectivity index (χ0) is 20.7. The zero-order valence-corrected chi connectivity index (χ0v) is 17.2. The summed E-state index contributed by atoms with van der Waals surface area (Å²) in [7, 11) is 0. The van der Waals surface area contributed by atoms with Gasteiger partial charge in [0, 0.05) is 32.1 Å². The molecule has 0 bridgehead atoms. The van der Waals surface area contributed by atoms with Crippen LogP contribution >= 0.6 is 0 Å². The average molecular weight is 386 g/mol. The molecule has 0 spiro atoms. The van der Waals surface area contributed by atoms with Gasteiger partial charge in [0.25, 0.3) is 5.91 Å². The summed E-state index contributed by atoms with van der Waals surface area (Å²) in [4.78, 5) is 37.5. The van der Waals surface area contributed by atoms with Crippen LogP contribution in [0.4, 0.5) is 0 Å². The van der Waals surface area contributed by atoms with Crippen molar-refractivity contribution >= 4 is 17.8 Å². The normalized spacial score (nSPS) is 15.5. The maximum Gasteiger partial charge on any atom is 0.308 e. The van der Waals surface area contributed by atoms with Crippen LogP contribution in [0.5, 0.6) is 5.75 Å². The highest BCUT2D eigenvalue weighted by molar-refractivity contribution is 5.94. The summed E-state index contributed by atoms with van der Waals surface area (Å²) in [6.07, 6.45) is 5.18. The number of rotatable bonds is 5. The molecule has 1 aliphatic heterocycles. The highest BCUT2D eigenvalue weighted by Crippen LogP contribution is 2.21. The largest absolute Gasteiger partial charge is 0.427 e. The van der Waals surface area contributed by atoms with Crippen LogP contribution in [0, 0.1) is 11.3 Å². The number of nitrogens with one attached hydrogen (secondary N) is 1. The number of ether oxygens (including phenoxy) is 1. The lowest BCUT2D eigenvalue weighted by Gasteiger charge is -2.32. The number of carbonyl (C=O) groups excluding carboxylic acids is 3. The third kappa shape index (κ3) is 7.18. The van der Waals surface area contributed by atoms with Gasteiger partial charge in [-0.05, 0) is 48.4 Å². The Morgan fingerprint density at radius 2 is 1.89 bits per heavy atom. The van der Waals surface area contributed by atoms with Gasteiger partial charge in [-0.15, -0.1) is 0 Å². The van der Waals surface area contributed by atoms with E-state index in [1.807, 2.05) is 31.7 Å². The maximum atomic E-state index is 12.7. The van der Waals surface area contributed by atoms with Gasteiger partial charge in [0.1, 0.15) is 5.75 Å². The standard InChI is InChI=1S/C22H30N2O4/c1-16(25)28-19-7-5-6-18(14-19)21(27)24-12-9-17(10-13-24)15-23-20(26)8-11-22(2,3)4/h5-8,11,14,17H,9-10,12-13,15H2,1-4H3,(H,23,26)/b11-8+. The molecule has 1 aromatic carbocycles. The van der Waals surface area contributed by atoms with E-state index in [1.54, 1.807) is 30.3 Å². The fraction of sp³-hybridized carbons (Fsp3) is 0.500. The molecule has 1 fully saturated rings. The number of allylic oxidation sites excluding steroid dienone is 1. The molecular formula is C22H30N2O4. The first-order valence-electron chi connectivity index (χ1n) is 9.69. The Kier molecular flexibility index (Phi) is 7.38. The minimum atomic E-state index is -0.412. The van der Waals surface area contributed by atoms with E-state index in [1.165, 1.54) is 6.92 Å². The number of likely N-dealkylation sites (tertiary alicyclic amines) is 1. The van der Waals surface area contributed by atoms with Crippen molar-refractivity contribution in [3.05, 3.63) is 42.0 Å². The molecule has 152 valence electrons. The second kappa shape index (κ2) is 9.53. The van der Waals surface area contributed by atoms with Crippen LogP contribution in [0.15, 0.2) is 36.4 Å². The molecule has 0 unspecified atom stereocenters. The third-order valence-electron chi connectivity index (χ3n) is 4.54. The SMILES string of the molecule is CC(=O)Oc1cccc(C(=O)N2CCC(CNC(=O)/C=C/C(C)(C)C)CC2)c1. The van der Waals surface area contributed by atoms with Gasteiger partial charge in [0.05, 0.1) is 0 Å². The first-order chi connectivity index (χ1) is 13.1. The summed E-state index contributed by atoms with van der Waals surface area (Å²) in [5, 5.41) is 2.95. The van der Waals surface area contributed by atoms with E-state index in [0.29, 0.717) is 36.9 Å². The van der Waals surface area contributed by atoms with Crippen molar-refractivity contribution in [3.8, 4) is 5.75 Å². The lowest BCUT2D eigenvalue weighted by atomic mass is 9.95. The Balaban J connectivity index is 1.82. The van der Waals surface area contributed by atoms with Crippen molar-refractivity contribution in [1.29, 1.82) is 0 Å². The van der Waals surface area contributed by atoms with Crippen LogP contribution in [0.1, 0.15) is 50.9 Å². The topological polar surface area (TPSA) is 75.7 Å². The molecule has 28 heavy (non-hydrogen) atoms. The minimum Gasteiger partial charge on any atom is -0.427 e. The maximum absolute atomic E-state index is 12.7. The Labute approximate surface area is 166 Å². The van der Waals surface area contributed by atoms with E-state index in [4.69, 9.17) is 4.74 Å². The van der Waals surface area contributed by atoms with E-state index in [2.05, 4.69) is 5.32 Å². The molecule has 0 saturated carbocycles. The fourth-order valence-corrected chi connectivity index (χ4v) is 3.01. The molecule has 1 saturated heterocycles. The van der Waals surface area contributed by atoms with E-state index in [0.717, 1.165) is 12.8 Å². The van der Waals surface area contributed by atoms with Gasteiger partial charge >= 0.3 is 5.97 Å². The van der Waals surface area contributed by atoms with Gasteiger partial charge in [-0.3, -0.25) is 14.4 Å². The molecule has 1 N–H and O–H groups in total. The highest BCUT2D eigenvalue weighted by atomic mass is 16.5. The minimum absolute atomic E-state index is 0.0181. The number of hydrogen-bond donors (Lipinski definition) is 1. The van der Waals surface area contributed by atoms with Gasteiger partial charge in [-0.2, -0.15) is 0 Å². The van der Waals surface area contributed by atoms with E-state index in [9.17, 15) is 14.4 Å². The first kappa shape index (κ1) is 21.7. The Morgan fingerprint density at radius 1 is 1.21 bits per heavy atom. The second-order valence-electron chi connectivity index (χ2n) is 8.30. The molecule has 2 amide bonds. The van der Waals surface area contributed by atoms with Gasteiger partial charge < -0.3 is 15.0 Å². The van der Waals surface area contributed by atoms with Crippen LogP contribution in [0.2, 0.25) is 0 Å². The summed E-state index contributed by atoms with van der Waals surface area (Å²) in [6, 6.07) is 6.68. The molecule has 1 heterocycles. The molecule has 0 aliphatic carbocycles. The van der Waals surface area contributed by atoms with Gasteiger partial charge in [-0.25, -0.2) is 0 Å². The summed E-state index contributed by atoms with van der Waals surface area (Å²) in [5.74, 6) is 0.188. The Morgan fingerprint density at radius 3 is 2.50 bits per heavy atom. The smallest absolute Gasteiger partial charge is 0.308 e. The number of nitrogens with zero attached hydrogens (tertiary/aromatic N) is 1. The number of esters is 1. The highest BCUT2D eigenvalue weighted by Gasteiger charge is 2.24. The lowest BCUT2D eigenvalue weighted by Crippen LogP contribution is -2.41. The molecule has 6 nitrogen and oxygen atoms in total. The molecule has 2 rings (SSSR count). The Hall–Kier alpha value is -2.63. The van der Waals surface area contributed by atoms with Crippen LogP contribution in [-0.4, -0.2) is 42.3 Å². The summed E-state index contributed by atoms with van der Waals surface area (Å²) >= 11 is 0. The van der Waals surface area contributed by atoms with Crippen LogP contribution in [0.25, 0.3) is 0 Å². The summed E-state index contributed by atoms with van der Waals surface area (Å²) < 4.78 is 5.05. The summed E-state index contributed by atoms with van der Waals surface area (Å²) in [5.41, 5.74) is 0.494. The van der Waals surface area contributed by atoms with Crippen molar-refractivity contribution in [2.24, 2.45) is 11.3 Å². The number of amides is 2. The number of benzene rings is 1. The zero-order valence-electron chi connectivity index (χ0n) is 17.2. The molecule has 0 radical (unpaired) electrons. The molecule has 0 atom stereocenters. The fourth-order valence-electron chi connectivity index (χ4n) is 3.01. The molecular weight excluding hydrogens is 356 g/mol. The van der Waals surface area contributed by atoms with Crippen LogP contribution < -0.4 is 10.1 Å². The second-order valence-corrected chi connectivity index (χ2v) is 8.30. The van der Waals surface area contributed by atoms with Crippen LogP contribution in [-0.2, 0) is 9.59 Å². The van der Waals surface area contributed by atoms with Crippen molar-refractivity contribution in [2.75, 3.05) is 19.6 Å². The van der Waals surface area contributed by atoms with Crippen molar-refractivity contribution < 1.29 is 19.1 Å². The van der Waals surface area contributed by atoms with Crippen molar-refractivity contribution in [1.82, 2.24) is 10.2 Å². The molecule has 6 heteroatoms. The lowest BCUT2D eigenvalue weighted by molar-refractivity contribution is -0.131. The number of hydrogen-bond acceptors (Lipinski definition) is 4. The molecule has 1 aliphatic rings. The first-order valence-corrected chi connectivity index (χ1v) is 9.69. The number of piperidine rings is 1. The quantitative estimate of drug-likeness (QED) is 0.479. The van der Waals surface area contributed by atoms with Gasteiger partial charge in [0.15, 0.2) is 0 Å². The van der Waals surface area contributed by atoms with Gasteiger partial charge in [-0.1, -0.05) is 32.9 Å². The average Bonchev–Trinajstić information content (AvgIpc) is 2.63. The monoisotopic (exact) mass is 386 g/mol. The predicted octanol–water partition coefficient (Wildman–Crippen LogP) is 3.18. The summed E-state index contributed by atoms with van der Waals surface area (Å²) in [6.45, 7) is 9.39. The van der Waals surface area contributed by atoms with E-state index >= 15 is 0 Å². The van der Waals surface area contributed by atoms with Crippen molar-refractivity contribution in [3.63, 3.8) is 0 Å². The third-order valence-corrected chi connectivity index (χ3v) is 4.54. The van der Waals surface area contributed by atoms with E-state index < -0.39 is 5.97 Å². The molecule has 1 aromatic rings. The predicted molar refractivity (Wildman–Crippen MR) is 108 cm³/mol.